The van der Waals surface area contributed by atoms with Crippen molar-refractivity contribution in [2.45, 2.75) is 31.5 Å². The van der Waals surface area contributed by atoms with Crippen LogP contribution >= 0.6 is 0 Å². The number of fused-ring (bicyclic) bond motifs is 1. The number of nitrogen functional groups attached to an aromatic ring is 1. The number of urea groups is 1. The fourth-order valence-electron chi connectivity index (χ4n) is 5.35. The number of nitrogens with two attached hydrogens (primary N) is 1. The summed E-state index contributed by atoms with van der Waals surface area (Å²) in [5, 5.41) is 9.57. The van der Waals surface area contributed by atoms with Gasteiger partial charge in [0.2, 0.25) is 0 Å². The quantitative estimate of drug-likeness (QED) is 0.137. The van der Waals surface area contributed by atoms with E-state index in [1.54, 1.807) is 11.0 Å². The smallest absolute Gasteiger partial charge is 0.328 e. The van der Waals surface area contributed by atoms with Crippen LogP contribution in [-0.4, -0.2) is 40.7 Å². The highest BCUT2D eigenvalue weighted by Crippen LogP contribution is 2.43. The van der Waals surface area contributed by atoms with Crippen LogP contribution in [-0.2, 0) is 33.0 Å². The van der Waals surface area contributed by atoms with Crippen molar-refractivity contribution in [1.82, 2.24) is 9.80 Å². The third kappa shape index (κ3) is 4.91. The number of carbonyl (C=O) groups is 3. The number of amides is 3. The van der Waals surface area contributed by atoms with Crippen molar-refractivity contribution in [3.05, 3.63) is 119 Å². The van der Waals surface area contributed by atoms with E-state index in [9.17, 15) is 14.4 Å². The molecular weight excluding hydrogens is 504 g/mol. The van der Waals surface area contributed by atoms with Gasteiger partial charge in [0.05, 0.1) is 13.7 Å². The lowest BCUT2D eigenvalue weighted by atomic mass is 9.83. The van der Waals surface area contributed by atoms with Gasteiger partial charge >= 0.3 is 12.0 Å². The minimum absolute atomic E-state index is 0.0344. The zero-order chi connectivity index (χ0) is 28.3. The molecular formula is C32H30N4O4. The standard InChI is InChI=1S/C32H30N4O4/c1-40-28(37)16-17-32(27-10-6-3-7-11-27)30(38)35(31(39)36(32)21-22-8-4-2-5-9-22)20-23-12-13-24-14-15-25(29(33)34)19-26(24)18-23/h2-15,18-19H,16-17,20-21H2,1H3,(H3,33,34). The molecule has 1 atom stereocenters. The zero-order valence-corrected chi connectivity index (χ0v) is 22.2. The summed E-state index contributed by atoms with van der Waals surface area (Å²) in [6.45, 7) is 0.244. The van der Waals surface area contributed by atoms with E-state index in [1.165, 1.54) is 12.0 Å². The number of amidine groups is 1. The van der Waals surface area contributed by atoms with E-state index in [-0.39, 0.29) is 37.7 Å². The number of nitrogens with zero attached hydrogens (tertiary/aromatic N) is 2. The van der Waals surface area contributed by atoms with Crippen LogP contribution in [0.1, 0.15) is 35.1 Å². The molecule has 40 heavy (non-hydrogen) atoms. The molecule has 0 bridgehead atoms. The minimum Gasteiger partial charge on any atom is -0.469 e. The lowest BCUT2D eigenvalue weighted by Crippen LogP contribution is -2.47. The molecule has 4 aromatic carbocycles. The summed E-state index contributed by atoms with van der Waals surface area (Å²) >= 11 is 0. The van der Waals surface area contributed by atoms with Crippen LogP contribution in [0.25, 0.3) is 10.8 Å². The lowest BCUT2D eigenvalue weighted by Gasteiger charge is -2.35. The highest BCUT2D eigenvalue weighted by atomic mass is 16.5. The van der Waals surface area contributed by atoms with Crippen LogP contribution in [0.3, 0.4) is 0 Å². The van der Waals surface area contributed by atoms with Gasteiger partial charge in [-0.2, -0.15) is 0 Å². The maximum atomic E-state index is 14.4. The molecule has 1 aliphatic rings. The van der Waals surface area contributed by atoms with Gasteiger partial charge in [0.25, 0.3) is 5.91 Å². The zero-order valence-electron chi connectivity index (χ0n) is 22.2. The Morgan fingerprint density at radius 2 is 1.52 bits per heavy atom. The van der Waals surface area contributed by atoms with E-state index in [1.807, 2.05) is 91.0 Å². The first-order valence-corrected chi connectivity index (χ1v) is 13.0. The summed E-state index contributed by atoms with van der Waals surface area (Å²) in [5.74, 6) is -0.877. The summed E-state index contributed by atoms with van der Waals surface area (Å²) in [6, 6.07) is 29.4. The number of carbonyl (C=O) groups excluding carboxylic acids is 3. The highest BCUT2D eigenvalue weighted by Gasteiger charge is 2.58. The van der Waals surface area contributed by atoms with Gasteiger partial charge in [-0.05, 0) is 46.0 Å². The van der Waals surface area contributed by atoms with E-state index in [2.05, 4.69) is 0 Å². The molecule has 1 aliphatic heterocycles. The molecule has 0 saturated carbocycles. The van der Waals surface area contributed by atoms with Crippen molar-refractivity contribution >= 4 is 34.5 Å². The number of hydrogen-bond acceptors (Lipinski definition) is 5. The first kappa shape index (κ1) is 26.6. The molecule has 1 unspecified atom stereocenters. The maximum absolute atomic E-state index is 14.4. The molecule has 1 heterocycles. The van der Waals surface area contributed by atoms with Crippen molar-refractivity contribution in [2.24, 2.45) is 5.73 Å². The number of benzene rings is 4. The molecule has 3 amide bonds. The molecule has 0 spiro atoms. The lowest BCUT2D eigenvalue weighted by molar-refractivity contribution is -0.142. The second kappa shape index (κ2) is 11.0. The fraction of sp³-hybridized carbons (Fsp3) is 0.188. The number of rotatable bonds is 9. The Kier molecular flexibility index (Phi) is 7.33. The molecule has 8 heteroatoms. The summed E-state index contributed by atoms with van der Waals surface area (Å²) in [5.41, 5.74) is 7.15. The molecule has 0 radical (unpaired) electrons. The summed E-state index contributed by atoms with van der Waals surface area (Å²) in [6.07, 6.45) is 0.0463. The van der Waals surface area contributed by atoms with Gasteiger partial charge in [-0.3, -0.25) is 19.9 Å². The van der Waals surface area contributed by atoms with E-state index < -0.39 is 17.5 Å². The van der Waals surface area contributed by atoms with Crippen molar-refractivity contribution < 1.29 is 19.1 Å². The topological polar surface area (TPSA) is 117 Å². The van der Waals surface area contributed by atoms with E-state index in [0.717, 1.165) is 21.9 Å². The Balaban J connectivity index is 1.58. The van der Waals surface area contributed by atoms with Crippen LogP contribution in [0.2, 0.25) is 0 Å². The van der Waals surface area contributed by atoms with Crippen molar-refractivity contribution in [1.29, 1.82) is 5.41 Å². The fourth-order valence-corrected chi connectivity index (χ4v) is 5.35. The van der Waals surface area contributed by atoms with Gasteiger partial charge in [0.15, 0.2) is 0 Å². The predicted octanol–water partition coefficient (Wildman–Crippen LogP) is 4.94. The van der Waals surface area contributed by atoms with Crippen LogP contribution in [0, 0.1) is 5.41 Å². The molecule has 202 valence electrons. The van der Waals surface area contributed by atoms with Crippen LogP contribution < -0.4 is 5.73 Å². The molecule has 1 fully saturated rings. The Morgan fingerprint density at radius 3 is 2.20 bits per heavy atom. The monoisotopic (exact) mass is 534 g/mol. The third-order valence-corrected chi connectivity index (χ3v) is 7.43. The first-order valence-electron chi connectivity index (χ1n) is 13.0. The van der Waals surface area contributed by atoms with Gasteiger partial charge < -0.3 is 15.4 Å². The molecule has 3 N–H and O–H groups in total. The third-order valence-electron chi connectivity index (χ3n) is 7.43. The van der Waals surface area contributed by atoms with Gasteiger partial charge in [-0.25, -0.2) is 4.79 Å². The highest BCUT2D eigenvalue weighted by molar-refractivity contribution is 6.07. The van der Waals surface area contributed by atoms with Crippen LogP contribution in [0.15, 0.2) is 97.1 Å². The Morgan fingerprint density at radius 1 is 0.850 bits per heavy atom. The van der Waals surface area contributed by atoms with E-state index >= 15 is 0 Å². The number of methoxy groups -OCH3 is 1. The van der Waals surface area contributed by atoms with Gasteiger partial charge in [-0.15, -0.1) is 0 Å². The SMILES string of the molecule is COC(=O)CCC1(c2ccccc2)C(=O)N(Cc2ccc3ccc(C(=N)N)cc3c2)C(=O)N1Cc1ccccc1. The van der Waals surface area contributed by atoms with Crippen molar-refractivity contribution in [3.63, 3.8) is 0 Å². The molecule has 4 aromatic rings. The second-order valence-corrected chi connectivity index (χ2v) is 9.86. The maximum Gasteiger partial charge on any atom is 0.328 e. The average Bonchev–Trinajstić information content (AvgIpc) is 3.17. The van der Waals surface area contributed by atoms with Crippen LogP contribution in [0.5, 0.6) is 0 Å². The summed E-state index contributed by atoms with van der Waals surface area (Å²) in [4.78, 5) is 43.7. The number of imide groups is 1. The first-order chi connectivity index (χ1) is 19.3. The minimum atomic E-state index is -1.39. The Hall–Kier alpha value is -4.98. The Bertz CT molecular complexity index is 1590. The summed E-state index contributed by atoms with van der Waals surface area (Å²) < 4.78 is 4.91. The Labute approximate surface area is 232 Å². The largest absolute Gasteiger partial charge is 0.469 e. The van der Waals surface area contributed by atoms with Crippen molar-refractivity contribution in [2.75, 3.05) is 7.11 Å². The molecule has 5 rings (SSSR count). The van der Waals surface area contributed by atoms with Gasteiger partial charge in [-0.1, -0.05) is 84.9 Å². The van der Waals surface area contributed by atoms with Crippen molar-refractivity contribution in [3.8, 4) is 0 Å². The number of esters is 1. The van der Waals surface area contributed by atoms with E-state index in [0.29, 0.717) is 11.1 Å². The second-order valence-electron chi connectivity index (χ2n) is 9.86. The number of hydrogen-bond donors (Lipinski definition) is 2. The van der Waals surface area contributed by atoms with E-state index in [4.69, 9.17) is 15.9 Å². The predicted molar refractivity (Wildman–Crippen MR) is 152 cm³/mol. The number of ether oxygens (including phenoxy) is 1. The normalized spacial score (nSPS) is 16.9. The molecule has 0 aromatic heterocycles. The molecule has 0 aliphatic carbocycles. The molecule has 1 saturated heterocycles. The van der Waals surface area contributed by atoms with Crippen LogP contribution in [0.4, 0.5) is 4.79 Å². The van der Waals surface area contributed by atoms with Gasteiger partial charge in [0, 0.05) is 18.5 Å². The van der Waals surface area contributed by atoms with Gasteiger partial charge in [0.1, 0.15) is 11.4 Å². The average molecular weight is 535 g/mol. The molecule has 8 nitrogen and oxygen atoms in total. The number of nitrogens with one attached hydrogen (secondary N) is 1. The summed E-state index contributed by atoms with van der Waals surface area (Å²) in [7, 11) is 1.31.